The molecule has 3 aromatic rings. The Balaban J connectivity index is 1.97. The highest BCUT2D eigenvalue weighted by molar-refractivity contribution is 8.02. The highest BCUT2D eigenvalue weighted by Crippen LogP contribution is 2.49. The minimum absolute atomic E-state index is 0.0180. The number of hydrogen-bond acceptors (Lipinski definition) is 4. The second-order valence-corrected chi connectivity index (χ2v) is 7.99. The molecule has 0 unspecified atom stereocenters. The number of thiophene rings is 1. The molecule has 0 amide bonds. The normalized spacial score (nSPS) is 12.7. The van der Waals surface area contributed by atoms with Crippen LogP contribution in [0.15, 0.2) is 34.5 Å². The van der Waals surface area contributed by atoms with Gasteiger partial charge in [-0.05, 0) is 49.0 Å². The predicted molar refractivity (Wildman–Crippen MR) is 89.2 cm³/mol. The van der Waals surface area contributed by atoms with Gasteiger partial charge in [0, 0.05) is 11.1 Å². The Bertz CT molecular complexity index is 1040. The third-order valence-corrected chi connectivity index (χ3v) is 5.83. The first kappa shape index (κ1) is 19.6. The molecule has 3 nitrogen and oxygen atoms in total. The van der Waals surface area contributed by atoms with Gasteiger partial charge in [-0.3, -0.25) is 9.36 Å². The first-order chi connectivity index (χ1) is 12.4. The summed E-state index contributed by atoms with van der Waals surface area (Å²) in [5.74, 6) is -2.23. The number of aromatic hydroxyl groups is 1. The van der Waals surface area contributed by atoms with Crippen molar-refractivity contribution in [2.45, 2.75) is 22.6 Å². The maximum Gasteiger partial charge on any atom is 0.464 e. The van der Waals surface area contributed by atoms with E-state index in [1.165, 1.54) is 19.1 Å². The van der Waals surface area contributed by atoms with Crippen LogP contribution in [0.5, 0.6) is 5.75 Å². The zero-order valence-corrected chi connectivity index (χ0v) is 14.9. The first-order valence-electron chi connectivity index (χ1n) is 7.20. The van der Waals surface area contributed by atoms with Gasteiger partial charge in [-0.1, -0.05) is 0 Å². The Morgan fingerprint density at radius 3 is 2.44 bits per heavy atom. The number of thioether (sulfide) groups is 1. The van der Waals surface area contributed by atoms with E-state index in [4.69, 9.17) is 0 Å². The van der Waals surface area contributed by atoms with Crippen LogP contribution in [0.1, 0.15) is 15.4 Å². The molecule has 1 N–H and O–H groups in total. The fraction of sp³-hybridized carbons (Fsp3) is 0.188. The second-order valence-electron chi connectivity index (χ2n) is 5.49. The molecule has 0 radical (unpaired) electrons. The number of nitrogens with zero attached hydrogens (tertiary/aromatic N) is 1. The number of benzene rings is 1. The maximum atomic E-state index is 14.0. The molecule has 0 saturated carbocycles. The minimum Gasteiger partial charge on any atom is -0.505 e. The number of hydrogen-bond donors (Lipinski definition) is 1. The van der Waals surface area contributed by atoms with E-state index >= 15 is 0 Å². The smallest absolute Gasteiger partial charge is 0.464 e. The number of aryl methyl sites for hydroxylation is 1. The summed E-state index contributed by atoms with van der Waals surface area (Å²) in [5.41, 5.74) is 0.443. The topological polar surface area (TPSA) is 42.2 Å². The van der Waals surface area contributed by atoms with Gasteiger partial charge >= 0.3 is 11.4 Å². The third kappa shape index (κ3) is 3.41. The largest absolute Gasteiger partial charge is 0.505 e. The highest BCUT2D eigenvalue weighted by Gasteiger charge is 2.58. The quantitative estimate of drug-likeness (QED) is 0.427. The Hall–Kier alpha value is -2.14. The van der Waals surface area contributed by atoms with Gasteiger partial charge in [0.25, 0.3) is 5.91 Å². The zero-order valence-electron chi connectivity index (χ0n) is 13.3. The molecule has 0 saturated heterocycles. The lowest BCUT2D eigenvalue weighted by molar-refractivity contribution is -0.237. The summed E-state index contributed by atoms with van der Waals surface area (Å²) >= 11 is -0.218. The number of aromatic nitrogens is 1. The van der Waals surface area contributed by atoms with E-state index in [1.807, 2.05) is 0 Å². The molecule has 3 rings (SSSR count). The van der Waals surface area contributed by atoms with Crippen LogP contribution in [-0.2, 0) is 0 Å². The molecule has 11 heteroatoms. The van der Waals surface area contributed by atoms with Crippen LogP contribution >= 0.6 is 23.1 Å². The molecular weight excluding hydrogens is 416 g/mol. The lowest BCUT2D eigenvalue weighted by atomic mass is 10.2. The first-order valence-corrected chi connectivity index (χ1v) is 8.83. The van der Waals surface area contributed by atoms with Crippen molar-refractivity contribution in [1.82, 2.24) is 4.57 Å². The number of fused-ring (bicyclic) bond motifs is 1. The molecule has 0 aliphatic carbocycles. The lowest BCUT2D eigenvalue weighted by Gasteiger charge is -2.17. The predicted octanol–water partition coefficient (Wildman–Crippen LogP) is 5.79. The van der Waals surface area contributed by atoms with Gasteiger partial charge in [0.2, 0.25) is 0 Å². The van der Waals surface area contributed by atoms with Crippen molar-refractivity contribution in [3.63, 3.8) is 0 Å². The monoisotopic (exact) mass is 425 g/mol. The maximum absolute atomic E-state index is 14.0. The molecule has 0 aliphatic rings. The molecule has 0 atom stereocenters. The van der Waals surface area contributed by atoms with Crippen LogP contribution in [0.4, 0.5) is 26.3 Å². The van der Waals surface area contributed by atoms with Crippen LogP contribution in [0.3, 0.4) is 0 Å². The SMILES string of the molecule is Cc1cc2c(F)c(O)ccc2n1C(=O)c1ccc(SC(F)(F)C(F)(F)F)s1. The molecule has 1 aromatic carbocycles. The summed E-state index contributed by atoms with van der Waals surface area (Å²) in [6.45, 7) is 1.50. The van der Waals surface area contributed by atoms with Crippen LogP contribution in [-0.4, -0.2) is 27.0 Å². The van der Waals surface area contributed by atoms with Crippen molar-refractivity contribution in [2.24, 2.45) is 0 Å². The Morgan fingerprint density at radius 2 is 1.81 bits per heavy atom. The summed E-state index contributed by atoms with van der Waals surface area (Å²) < 4.78 is 77.9. The van der Waals surface area contributed by atoms with E-state index in [9.17, 15) is 36.2 Å². The van der Waals surface area contributed by atoms with Gasteiger partial charge in [-0.15, -0.1) is 11.3 Å². The van der Waals surface area contributed by atoms with Gasteiger partial charge in [0.15, 0.2) is 11.6 Å². The fourth-order valence-corrected chi connectivity index (χ4v) is 4.34. The Labute approximate surface area is 156 Å². The van der Waals surface area contributed by atoms with Gasteiger partial charge in [-0.25, -0.2) is 4.39 Å². The van der Waals surface area contributed by atoms with Crippen LogP contribution in [0, 0.1) is 12.7 Å². The highest BCUT2D eigenvalue weighted by atomic mass is 32.2. The second kappa shape index (κ2) is 6.48. The lowest BCUT2D eigenvalue weighted by Crippen LogP contribution is -2.32. The van der Waals surface area contributed by atoms with Crippen LogP contribution in [0.2, 0.25) is 0 Å². The molecule has 0 aliphatic heterocycles. The van der Waals surface area contributed by atoms with Gasteiger partial charge in [0.05, 0.1) is 14.6 Å². The number of rotatable bonds is 3. The van der Waals surface area contributed by atoms with Crippen molar-refractivity contribution < 1.29 is 36.2 Å². The summed E-state index contributed by atoms with van der Waals surface area (Å²) in [5, 5.41) is 4.41. The number of phenols is 1. The van der Waals surface area contributed by atoms with Crippen molar-refractivity contribution in [3.8, 4) is 5.75 Å². The van der Waals surface area contributed by atoms with Crippen LogP contribution < -0.4 is 0 Å². The van der Waals surface area contributed by atoms with E-state index in [0.717, 1.165) is 22.8 Å². The number of carbonyl (C=O) groups excluding carboxylic acids is 1. The van der Waals surface area contributed by atoms with E-state index in [2.05, 4.69) is 0 Å². The van der Waals surface area contributed by atoms with Gasteiger partial charge in [0.1, 0.15) is 0 Å². The van der Waals surface area contributed by atoms with E-state index in [-0.39, 0.29) is 15.8 Å². The minimum atomic E-state index is -5.72. The van der Waals surface area contributed by atoms with Gasteiger partial charge < -0.3 is 5.11 Å². The summed E-state index contributed by atoms with van der Waals surface area (Å²) in [7, 11) is 0. The number of carbonyl (C=O) groups is 1. The van der Waals surface area contributed by atoms with Crippen molar-refractivity contribution >= 4 is 39.9 Å². The fourth-order valence-electron chi connectivity index (χ4n) is 2.42. The van der Waals surface area contributed by atoms with Crippen molar-refractivity contribution in [3.05, 3.63) is 46.7 Å². The van der Waals surface area contributed by atoms with Crippen molar-refractivity contribution in [2.75, 3.05) is 0 Å². The molecule has 27 heavy (non-hydrogen) atoms. The summed E-state index contributed by atoms with van der Waals surface area (Å²) in [6, 6.07) is 5.81. The standard InChI is InChI=1S/C16H9F6NO2S2/c1-7-6-8-9(2-3-10(24)13(8)17)23(7)14(25)11-4-5-12(26-11)27-16(21,22)15(18,19)20/h2-6,24H,1H3. The van der Waals surface area contributed by atoms with Crippen molar-refractivity contribution in [1.29, 1.82) is 0 Å². The summed E-state index contributed by atoms with van der Waals surface area (Å²) in [4.78, 5) is 12.6. The zero-order chi connectivity index (χ0) is 20.1. The third-order valence-electron chi connectivity index (χ3n) is 3.64. The molecular formula is C16H9F6NO2S2. The summed E-state index contributed by atoms with van der Waals surface area (Å²) in [6.07, 6.45) is -5.72. The average Bonchev–Trinajstić information content (AvgIpc) is 3.13. The number of phenolic OH excluding ortho intramolecular Hbond substituents is 1. The molecule has 0 fully saturated rings. The molecule has 2 aromatic heterocycles. The average molecular weight is 425 g/mol. The Morgan fingerprint density at radius 1 is 1.15 bits per heavy atom. The van der Waals surface area contributed by atoms with E-state index in [1.54, 1.807) is 0 Å². The molecule has 2 heterocycles. The Kier molecular flexibility index (Phi) is 4.71. The number of alkyl halides is 5. The van der Waals surface area contributed by atoms with E-state index < -0.39 is 44.9 Å². The molecule has 144 valence electrons. The number of halogens is 6. The van der Waals surface area contributed by atoms with E-state index in [0.29, 0.717) is 17.0 Å². The molecule has 0 spiro atoms. The van der Waals surface area contributed by atoms with Crippen LogP contribution in [0.25, 0.3) is 10.9 Å². The molecule has 0 bridgehead atoms. The van der Waals surface area contributed by atoms with Gasteiger partial charge in [-0.2, -0.15) is 22.0 Å².